The lowest BCUT2D eigenvalue weighted by Crippen LogP contribution is -2.39. The van der Waals surface area contributed by atoms with Crippen molar-refractivity contribution < 1.29 is 4.79 Å². The minimum absolute atomic E-state index is 0.244. The second kappa shape index (κ2) is 7.62. The highest BCUT2D eigenvalue weighted by molar-refractivity contribution is 6.30. The van der Waals surface area contributed by atoms with E-state index < -0.39 is 0 Å². The van der Waals surface area contributed by atoms with E-state index in [1.54, 1.807) is 30.3 Å². The number of amides is 1. The van der Waals surface area contributed by atoms with Crippen LogP contribution in [0.2, 0.25) is 5.02 Å². The second-order valence-corrected chi connectivity index (χ2v) is 6.41. The second-order valence-electron chi connectivity index (χ2n) is 5.97. The zero-order valence-corrected chi connectivity index (χ0v) is 14.5. The number of aromatic nitrogens is 2. The van der Waals surface area contributed by atoms with E-state index >= 15 is 0 Å². The molecule has 1 unspecified atom stereocenters. The van der Waals surface area contributed by atoms with Crippen LogP contribution >= 0.6 is 11.6 Å². The molecule has 6 heteroatoms. The van der Waals surface area contributed by atoms with Gasteiger partial charge in [-0.25, -0.2) is 9.97 Å². The standard InChI is InChI=1S/C18H21ClN4O/c1-2-15-5-3-4-10-23(15)17-11-16(20-12-21-17)18(24)22-14-8-6-13(19)7-9-14/h6-9,11-12,15H,2-5,10H2,1H3,(H,22,24). The highest BCUT2D eigenvalue weighted by Gasteiger charge is 2.23. The Kier molecular flexibility index (Phi) is 5.30. The topological polar surface area (TPSA) is 58.1 Å². The third-order valence-corrected chi connectivity index (χ3v) is 4.63. The molecule has 0 spiro atoms. The molecule has 1 fully saturated rings. The number of piperidine rings is 1. The van der Waals surface area contributed by atoms with E-state index in [0.717, 1.165) is 25.2 Å². The molecular weight excluding hydrogens is 324 g/mol. The number of halogens is 1. The van der Waals surface area contributed by atoms with Crippen molar-refractivity contribution in [2.45, 2.75) is 38.6 Å². The molecule has 1 amide bonds. The first-order valence-electron chi connectivity index (χ1n) is 8.33. The predicted octanol–water partition coefficient (Wildman–Crippen LogP) is 4.15. The number of carbonyl (C=O) groups is 1. The first-order chi connectivity index (χ1) is 11.7. The maximum Gasteiger partial charge on any atom is 0.274 e. The molecular formula is C18H21ClN4O. The summed E-state index contributed by atoms with van der Waals surface area (Å²) >= 11 is 5.86. The normalized spacial score (nSPS) is 17.6. The quantitative estimate of drug-likeness (QED) is 0.905. The van der Waals surface area contributed by atoms with Crippen LogP contribution < -0.4 is 10.2 Å². The smallest absolute Gasteiger partial charge is 0.274 e. The molecule has 1 N–H and O–H groups in total. The molecule has 1 aliphatic heterocycles. The van der Waals surface area contributed by atoms with E-state index in [1.165, 1.54) is 19.2 Å². The minimum Gasteiger partial charge on any atom is -0.354 e. The van der Waals surface area contributed by atoms with Crippen LogP contribution in [0.25, 0.3) is 0 Å². The van der Waals surface area contributed by atoms with Crippen LogP contribution in [0.5, 0.6) is 0 Å². The zero-order valence-electron chi connectivity index (χ0n) is 13.7. The van der Waals surface area contributed by atoms with Crippen molar-refractivity contribution in [2.75, 3.05) is 16.8 Å². The summed E-state index contributed by atoms with van der Waals surface area (Å²) in [5.41, 5.74) is 1.06. The van der Waals surface area contributed by atoms with E-state index in [2.05, 4.69) is 27.1 Å². The zero-order chi connectivity index (χ0) is 16.9. The van der Waals surface area contributed by atoms with Gasteiger partial charge in [0.05, 0.1) is 0 Å². The van der Waals surface area contributed by atoms with E-state index in [-0.39, 0.29) is 5.91 Å². The lowest BCUT2D eigenvalue weighted by atomic mass is 10.00. The summed E-state index contributed by atoms with van der Waals surface area (Å²) in [6.45, 7) is 3.17. The summed E-state index contributed by atoms with van der Waals surface area (Å²) in [5.74, 6) is 0.587. The summed E-state index contributed by atoms with van der Waals surface area (Å²) in [5, 5.41) is 3.47. The van der Waals surface area contributed by atoms with Crippen LogP contribution in [0.4, 0.5) is 11.5 Å². The van der Waals surface area contributed by atoms with Crippen molar-refractivity contribution in [3.63, 3.8) is 0 Å². The molecule has 0 aliphatic carbocycles. The first-order valence-corrected chi connectivity index (χ1v) is 8.71. The molecule has 1 saturated heterocycles. The van der Waals surface area contributed by atoms with Crippen molar-refractivity contribution in [2.24, 2.45) is 0 Å². The summed E-state index contributed by atoms with van der Waals surface area (Å²) in [4.78, 5) is 23.2. The number of rotatable bonds is 4. The number of hydrogen-bond acceptors (Lipinski definition) is 4. The lowest BCUT2D eigenvalue weighted by Gasteiger charge is -2.36. The molecule has 1 aliphatic rings. The van der Waals surface area contributed by atoms with Gasteiger partial charge < -0.3 is 10.2 Å². The van der Waals surface area contributed by atoms with Gasteiger partial charge in [0.25, 0.3) is 5.91 Å². The summed E-state index contributed by atoms with van der Waals surface area (Å²) in [6.07, 6.45) is 6.13. The molecule has 1 aromatic heterocycles. The number of benzene rings is 1. The van der Waals surface area contributed by atoms with Crippen molar-refractivity contribution in [1.82, 2.24) is 9.97 Å². The van der Waals surface area contributed by atoms with Gasteiger partial charge in [0.2, 0.25) is 0 Å². The Morgan fingerprint density at radius 3 is 2.83 bits per heavy atom. The Bertz CT molecular complexity index is 704. The monoisotopic (exact) mass is 344 g/mol. The molecule has 24 heavy (non-hydrogen) atoms. The van der Waals surface area contributed by atoms with Crippen molar-refractivity contribution in [3.05, 3.63) is 47.4 Å². The Balaban J connectivity index is 1.76. The van der Waals surface area contributed by atoms with Crippen LogP contribution in [-0.4, -0.2) is 28.5 Å². The molecule has 3 rings (SSSR count). The van der Waals surface area contributed by atoms with Gasteiger partial charge in [-0.2, -0.15) is 0 Å². The predicted molar refractivity (Wildman–Crippen MR) is 96.7 cm³/mol. The third kappa shape index (κ3) is 3.85. The van der Waals surface area contributed by atoms with Gasteiger partial charge in [-0.15, -0.1) is 0 Å². The third-order valence-electron chi connectivity index (χ3n) is 4.38. The molecule has 2 aromatic rings. The summed E-state index contributed by atoms with van der Waals surface area (Å²) in [7, 11) is 0. The molecule has 5 nitrogen and oxygen atoms in total. The van der Waals surface area contributed by atoms with Gasteiger partial charge in [0.1, 0.15) is 17.8 Å². The Morgan fingerprint density at radius 2 is 2.08 bits per heavy atom. The number of nitrogens with zero attached hydrogens (tertiary/aromatic N) is 3. The number of carbonyl (C=O) groups excluding carboxylic acids is 1. The Morgan fingerprint density at radius 1 is 1.29 bits per heavy atom. The molecule has 126 valence electrons. The van der Waals surface area contributed by atoms with Gasteiger partial charge >= 0.3 is 0 Å². The van der Waals surface area contributed by atoms with Crippen LogP contribution in [0.15, 0.2) is 36.7 Å². The average molecular weight is 345 g/mol. The molecule has 2 heterocycles. The van der Waals surface area contributed by atoms with Crippen molar-refractivity contribution >= 4 is 29.0 Å². The van der Waals surface area contributed by atoms with Gasteiger partial charge in [-0.05, 0) is 49.9 Å². The fourth-order valence-corrected chi connectivity index (χ4v) is 3.21. The van der Waals surface area contributed by atoms with Gasteiger partial charge in [-0.1, -0.05) is 18.5 Å². The Hall–Kier alpha value is -2.14. The van der Waals surface area contributed by atoms with Gasteiger partial charge in [-0.3, -0.25) is 4.79 Å². The van der Waals surface area contributed by atoms with E-state index in [4.69, 9.17) is 11.6 Å². The van der Waals surface area contributed by atoms with Crippen molar-refractivity contribution in [3.8, 4) is 0 Å². The van der Waals surface area contributed by atoms with Gasteiger partial charge in [0, 0.05) is 29.4 Å². The highest BCUT2D eigenvalue weighted by Crippen LogP contribution is 2.25. The fraction of sp³-hybridized carbons (Fsp3) is 0.389. The van der Waals surface area contributed by atoms with Crippen LogP contribution in [-0.2, 0) is 0 Å². The van der Waals surface area contributed by atoms with Crippen molar-refractivity contribution in [1.29, 1.82) is 0 Å². The molecule has 0 bridgehead atoms. The fourth-order valence-electron chi connectivity index (χ4n) is 3.08. The minimum atomic E-state index is -0.244. The molecule has 0 saturated carbocycles. The van der Waals surface area contributed by atoms with E-state index in [9.17, 15) is 4.79 Å². The van der Waals surface area contributed by atoms with Crippen LogP contribution in [0, 0.1) is 0 Å². The van der Waals surface area contributed by atoms with E-state index in [1.807, 2.05) is 0 Å². The number of anilines is 2. The molecule has 1 aromatic carbocycles. The maximum atomic E-state index is 12.4. The number of hydrogen-bond donors (Lipinski definition) is 1. The summed E-state index contributed by atoms with van der Waals surface area (Å²) in [6, 6.07) is 9.27. The van der Waals surface area contributed by atoms with Crippen LogP contribution in [0.1, 0.15) is 43.1 Å². The number of nitrogens with one attached hydrogen (secondary N) is 1. The van der Waals surface area contributed by atoms with Crippen LogP contribution in [0.3, 0.4) is 0 Å². The lowest BCUT2D eigenvalue weighted by molar-refractivity contribution is 0.102. The SMILES string of the molecule is CCC1CCCCN1c1cc(C(=O)Nc2ccc(Cl)cc2)ncn1. The Labute approximate surface area is 147 Å². The molecule has 0 radical (unpaired) electrons. The maximum absolute atomic E-state index is 12.4. The average Bonchev–Trinajstić information content (AvgIpc) is 2.63. The van der Waals surface area contributed by atoms with E-state index in [0.29, 0.717) is 22.4 Å². The molecule has 1 atom stereocenters. The first kappa shape index (κ1) is 16.7. The summed E-state index contributed by atoms with van der Waals surface area (Å²) < 4.78 is 0. The van der Waals surface area contributed by atoms with Gasteiger partial charge in [0.15, 0.2) is 0 Å². The highest BCUT2D eigenvalue weighted by atomic mass is 35.5. The largest absolute Gasteiger partial charge is 0.354 e.